The van der Waals surface area contributed by atoms with E-state index in [0.717, 1.165) is 13.0 Å². The maximum Gasteiger partial charge on any atom is 0.410 e. The highest BCUT2D eigenvalue weighted by atomic mass is 16.6. The van der Waals surface area contributed by atoms with E-state index in [1.54, 1.807) is 4.90 Å². The smallest absolute Gasteiger partial charge is 0.410 e. The van der Waals surface area contributed by atoms with Crippen molar-refractivity contribution in [2.45, 2.75) is 70.5 Å². The molecule has 0 unspecified atom stereocenters. The lowest BCUT2D eigenvalue weighted by Gasteiger charge is -2.40. The Kier molecular flexibility index (Phi) is 5.72. The van der Waals surface area contributed by atoms with Crippen molar-refractivity contribution in [1.82, 2.24) is 9.80 Å². The second-order valence-corrected chi connectivity index (χ2v) is 7.84. The first-order valence-corrected chi connectivity index (χ1v) is 8.70. The van der Waals surface area contributed by atoms with E-state index >= 15 is 0 Å². The lowest BCUT2D eigenvalue weighted by molar-refractivity contribution is -0.0414. The van der Waals surface area contributed by atoms with Gasteiger partial charge in [0.1, 0.15) is 5.60 Å². The molecule has 1 N–H and O–H groups in total. The van der Waals surface area contributed by atoms with Gasteiger partial charge in [-0.15, -0.1) is 0 Å². The molecule has 0 aliphatic carbocycles. The lowest BCUT2D eigenvalue weighted by Crippen LogP contribution is -2.49. The highest BCUT2D eigenvalue weighted by molar-refractivity contribution is 5.68. The van der Waals surface area contributed by atoms with Crippen LogP contribution in [0, 0.1) is 0 Å². The number of hydrogen-bond donors (Lipinski definition) is 1. The van der Waals surface area contributed by atoms with Crippen LogP contribution in [0.15, 0.2) is 0 Å². The number of carbonyl (C=O) groups excluding carboxylic acids is 1. The van der Waals surface area contributed by atoms with E-state index < -0.39 is 11.2 Å². The van der Waals surface area contributed by atoms with Gasteiger partial charge >= 0.3 is 6.09 Å². The van der Waals surface area contributed by atoms with E-state index in [1.807, 2.05) is 20.8 Å². The van der Waals surface area contributed by atoms with Crippen LogP contribution in [0.5, 0.6) is 0 Å². The fourth-order valence-electron chi connectivity index (χ4n) is 3.23. The summed E-state index contributed by atoms with van der Waals surface area (Å²) in [5, 5.41) is 10.7. The lowest BCUT2D eigenvalue weighted by atomic mass is 9.88. The molecule has 0 spiro atoms. The van der Waals surface area contributed by atoms with E-state index in [1.165, 1.54) is 32.4 Å². The van der Waals surface area contributed by atoms with Crippen LogP contribution < -0.4 is 0 Å². The standard InChI is InChI=1S/C17H32N2O3/c1-16(2,3)22-15(20)19-13-8-17(21,9-14-19)7-12-18-10-5-4-6-11-18/h21H,4-14H2,1-3H3. The Morgan fingerprint density at radius 3 is 2.23 bits per heavy atom. The summed E-state index contributed by atoms with van der Waals surface area (Å²) < 4.78 is 5.40. The Hall–Kier alpha value is -0.810. The first-order valence-electron chi connectivity index (χ1n) is 8.70. The third-order valence-corrected chi connectivity index (χ3v) is 4.69. The summed E-state index contributed by atoms with van der Waals surface area (Å²) in [6.07, 6.45) is 5.77. The molecule has 5 heteroatoms. The number of likely N-dealkylation sites (tertiary alicyclic amines) is 2. The van der Waals surface area contributed by atoms with Crippen molar-refractivity contribution in [1.29, 1.82) is 0 Å². The van der Waals surface area contributed by atoms with E-state index in [9.17, 15) is 9.90 Å². The number of amides is 1. The molecule has 5 nitrogen and oxygen atoms in total. The highest BCUT2D eigenvalue weighted by Crippen LogP contribution is 2.27. The van der Waals surface area contributed by atoms with Gasteiger partial charge in [-0.3, -0.25) is 0 Å². The van der Waals surface area contributed by atoms with Crippen LogP contribution in [-0.4, -0.2) is 64.9 Å². The Morgan fingerprint density at radius 2 is 1.68 bits per heavy atom. The van der Waals surface area contributed by atoms with Crippen LogP contribution in [0.25, 0.3) is 0 Å². The summed E-state index contributed by atoms with van der Waals surface area (Å²) >= 11 is 0. The second-order valence-electron chi connectivity index (χ2n) is 7.84. The number of nitrogens with zero attached hydrogens (tertiary/aromatic N) is 2. The van der Waals surface area contributed by atoms with Crippen molar-refractivity contribution >= 4 is 6.09 Å². The molecule has 2 aliphatic heterocycles. The average Bonchev–Trinajstić information content (AvgIpc) is 2.45. The third kappa shape index (κ3) is 5.43. The summed E-state index contributed by atoms with van der Waals surface area (Å²) in [5.41, 5.74) is -1.07. The zero-order valence-electron chi connectivity index (χ0n) is 14.4. The molecule has 22 heavy (non-hydrogen) atoms. The molecule has 2 heterocycles. The number of hydrogen-bond acceptors (Lipinski definition) is 4. The van der Waals surface area contributed by atoms with Gasteiger partial charge in [-0.05, 0) is 66.0 Å². The largest absolute Gasteiger partial charge is 0.444 e. The van der Waals surface area contributed by atoms with Crippen molar-refractivity contribution in [3.05, 3.63) is 0 Å². The molecule has 128 valence electrons. The van der Waals surface area contributed by atoms with Crippen LogP contribution in [-0.2, 0) is 4.74 Å². The minimum absolute atomic E-state index is 0.259. The van der Waals surface area contributed by atoms with Gasteiger partial charge in [0, 0.05) is 19.6 Å². The van der Waals surface area contributed by atoms with E-state index in [0.29, 0.717) is 25.9 Å². The summed E-state index contributed by atoms with van der Waals surface area (Å²) in [6.45, 7) is 10.1. The van der Waals surface area contributed by atoms with Crippen molar-refractivity contribution in [2.24, 2.45) is 0 Å². The first-order chi connectivity index (χ1) is 10.3. The zero-order chi connectivity index (χ0) is 16.2. The van der Waals surface area contributed by atoms with Gasteiger partial charge in [0.15, 0.2) is 0 Å². The van der Waals surface area contributed by atoms with Gasteiger partial charge in [0.2, 0.25) is 0 Å². The molecule has 0 bridgehead atoms. The first kappa shape index (κ1) is 17.5. The van der Waals surface area contributed by atoms with Crippen LogP contribution in [0.1, 0.15) is 59.3 Å². The Balaban J connectivity index is 1.74. The van der Waals surface area contributed by atoms with Crippen molar-refractivity contribution < 1.29 is 14.6 Å². The summed E-state index contributed by atoms with van der Waals surface area (Å²) in [7, 11) is 0. The summed E-state index contributed by atoms with van der Waals surface area (Å²) in [6, 6.07) is 0. The van der Waals surface area contributed by atoms with E-state index in [-0.39, 0.29) is 6.09 Å². The maximum absolute atomic E-state index is 12.0. The number of piperidine rings is 2. The predicted molar refractivity (Wildman–Crippen MR) is 86.9 cm³/mol. The van der Waals surface area contributed by atoms with Gasteiger partial charge < -0.3 is 19.6 Å². The number of rotatable bonds is 3. The number of carbonyl (C=O) groups is 1. The molecule has 2 saturated heterocycles. The molecular formula is C17H32N2O3. The molecule has 2 fully saturated rings. The minimum atomic E-state index is -0.615. The Labute approximate surface area is 134 Å². The van der Waals surface area contributed by atoms with Crippen LogP contribution >= 0.6 is 0 Å². The summed E-state index contributed by atoms with van der Waals surface area (Å²) in [4.78, 5) is 16.2. The molecule has 0 radical (unpaired) electrons. The van der Waals surface area contributed by atoms with Gasteiger partial charge in [0.25, 0.3) is 0 Å². The number of aliphatic hydroxyl groups is 1. The Morgan fingerprint density at radius 1 is 1.09 bits per heavy atom. The van der Waals surface area contributed by atoms with Crippen molar-refractivity contribution in [3.8, 4) is 0 Å². The van der Waals surface area contributed by atoms with E-state index in [4.69, 9.17) is 4.74 Å². The van der Waals surface area contributed by atoms with Crippen molar-refractivity contribution in [3.63, 3.8) is 0 Å². The molecule has 0 aromatic rings. The minimum Gasteiger partial charge on any atom is -0.444 e. The second kappa shape index (κ2) is 7.18. The average molecular weight is 312 g/mol. The molecule has 2 rings (SSSR count). The predicted octanol–water partition coefficient (Wildman–Crippen LogP) is 2.62. The fourth-order valence-corrected chi connectivity index (χ4v) is 3.23. The fraction of sp³-hybridized carbons (Fsp3) is 0.941. The monoisotopic (exact) mass is 312 g/mol. The quantitative estimate of drug-likeness (QED) is 0.870. The van der Waals surface area contributed by atoms with Crippen LogP contribution in [0.3, 0.4) is 0 Å². The molecule has 0 aromatic carbocycles. The molecular weight excluding hydrogens is 280 g/mol. The normalized spacial score (nSPS) is 23.4. The van der Waals surface area contributed by atoms with Crippen molar-refractivity contribution in [2.75, 3.05) is 32.7 Å². The zero-order valence-corrected chi connectivity index (χ0v) is 14.4. The van der Waals surface area contributed by atoms with Gasteiger partial charge in [-0.1, -0.05) is 6.42 Å². The molecule has 1 amide bonds. The van der Waals surface area contributed by atoms with E-state index in [2.05, 4.69) is 4.90 Å². The van der Waals surface area contributed by atoms with Crippen LogP contribution in [0.2, 0.25) is 0 Å². The number of ether oxygens (including phenoxy) is 1. The molecule has 2 aliphatic rings. The maximum atomic E-state index is 12.0. The Bertz CT molecular complexity index is 365. The molecule has 0 aromatic heterocycles. The third-order valence-electron chi connectivity index (χ3n) is 4.69. The topological polar surface area (TPSA) is 53.0 Å². The molecule has 0 saturated carbocycles. The molecule has 0 atom stereocenters. The van der Waals surface area contributed by atoms with Gasteiger partial charge in [-0.25, -0.2) is 4.79 Å². The SMILES string of the molecule is CC(C)(C)OC(=O)N1CCC(O)(CCN2CCCCC2)CC1. The van der Waals surface area contributed by atoms with Gasteiger partial charge in [-0.2, -0.15) is 0 Å². The highest BCUT2D eigenvalue weighted by Gasteiger charge is 2.35. The van der Waals surface area contributed by atoms with Crippen LogP contribution in [0.4, 0.5) is 4.79 Å². The van der Waals surface area contributed by atoms with Gasteiger partial charge in [0.05, 0.1) is 5.60 Å². The summed E-state index contributed by atoms with van der Waals surface area (Å²) in [5.74, 6) is 0.